The largest absolute Gasteiger partial charge is 0.446 e. The molecule has 11 heteroatoms. The number of benzene rings is 1. The van der Waals surface area contributed by atoms with E-state index in [1.165, 1.54) is 30.4 Å². The first kappa shape index (κ1) is 28.8. The van der Waals surface area contributed by atoms with Crippen LogP contribution in [0.2, 0.25) is 0 Å². The Bertz CT molecular complexity index is 1470. The van der Waals surface area contributed by atoms with Crippen molar-refractivity contribution in [3.05, 3.63) is 53.6 Å². The number of halogens is 1. The molecule has 0 radical (unpaired) electrons. The first-order valence-electron chi connectivity index (χ1n) is 13.3. The van der Waals surface area contributed by atoms with Gasteiger partial charge < -0.3 is 14.9 Å². The summed E-state index contributed by atoms with van der Waals surface area (Å²) >= 11 is 0. The quantitative estimate of drug-likeness (QED) is 0.354. The fourth-order valence-corrected chi connectivity index (χ4v) is 9.03. The van der Waals surface area contributed by atoms with Gasteiger partial charge in [0.05, 0.1) is 16.6 Å². The molecule has 1 aromatic carbocycles. The second-order valence-electron chi connectivity index (χ2n) is 12.1. The first-order chi connectivity index (χ1) is 18.6. The van der Waals surface area contributed by atoms with Gasteiger partial charge in [-0.2, -0.15) is 8.42 Å². The summed E-state index contributed by atoms with van der Waals surface area (Å²) in [5, 5.41) is 21.6. The van der Waals surface area contributed by atoms with Gasteiger partial charge in [0, 0.05) is 22.7 Å². The molecule has 40 heavy (non-hydrogen) atoms. The lowest BCUT2D eigenvalue weighted by molar-refractivity contribution is -0.219. The van der Waals surface area contributed by atoms with E-state index in [9.17, 15) is 37.6 Å². The van der Waals surface area contributed by atoms with E-state index in [2.05, 4.69) is 0 Å². The summed E-state index contributed by atoms with van der Waals surface area (Å²) in [7, 11) is -4.63. The molecule has 1 aromatic rings. The van der Waals surface area contributed by atoms with Crippen LogP contribution in [0.3, 0.4) is 0 Å². The summed E-state index contributed by atoms with van der Waals surface area (Å²) in [5.74, 6) is -4.06. The number of hydrogen-bond acceptors (Lipinski definition) is 8. The van der Waals surface area contributed by atoms with Gasteiger partial charge in [-0.05, 0) is 68.9 Å². The van der Waals surface area contributed by atoms with Gasteiger partial charge in [-0.1, -0.05) is 31.6 Å². The van der Waals surface area contributed by atoms with Gasteiger partial charge in [-0.3, -0.25) is 14.1 Å². The van der Waals surface area contributed by atoms with Crippen molar-refractivity contribution in [1.82, 2.24) is 0 Å². The van der Waals surface area contributed by atoms with Gasteiger partial charge in [-0.15, -0.1) is 0 Å². The smallest absolute Gasteiger partial charge is 0.339 e. The molecule has 3 N–H and O–H groups in total. The lowest BCUT2D eigenvalue weighted by atomic mass is 9.44. The lowest BCUT2D eigenvalue weighted by Gasteiger charge is -2.62. The van der Waals surface area contributed by atoms with E-state index in [0.29, 0.717) is 18.4 Å². The molecule has 0 aromatic heterocycles. The molecule has 0 heterocycles. The average molecular weight is 577 g/mol. The molecule has 4 aliphatic carbocycles. The summed E-state index contributed by atoms with van der Waals surface area (Å²) in [6.45, 7) is 4.06. The van der Waals surface area contributed by atoms with E-state index in [4.69, 9.17) is 4.74 Å². The molecule has 0 spiro atoms. The van der Waals surface area contributed by atoms with Gasteiger partial charge in [0.1, 0.15) is 6.61 Å². The summed E-state index contributed by atoms with van der Waals surface area (Å²) < 4.78 is 56.1. The average Bonchev–Trinajstić information content (AvgIpc) is 3.11. The number of ketones is 2. The predicted octanol–water partition coefficient (Wildman–Crippen LogP) is 3.01. The Hall–Kier alpha value is -2.73. The zero-order valence-electron chi connectivity index (χ0n) is 22.5. The number of carbonyl (C=O) groups is 3. The van der Waals surface area contributed by atoms with Crippen molar-refractivity contribution in [3.63, 3.8) is 0 Å². The minimum Gasteiger partial charge on any atom is -0.446 e. The minimum absolute atomic E-state index is 0.239. The number of aliphatic hydroxyl groups excluding tert-OH is 2. The Morgan fingerprint density at radius 2 is 1.90 bits per heavy atom. The molecular weight excluding hydrogens is 543 g/mol. The zero-order valence-corrected chi connectivity index (χ0v) is 23.3. The number of carbonyl (C=O) groups excluding carboxylic acids is 3. The van der Waals surface area contributed by atoms with Crippen LogP contribution >= 0.6 is 0 Å². The van der Waals surface area contributed by atoms with E-state index in [1.807, 2.05) is 0 Å². The monoisotopic (exact) mass is 576 g/mol. The van der Waals surface area contributed by atoms with E-state index in [1.54, 1.807) is 20.8 Å². The number of esters is 1. The van der Waals surface area contributed by atoms with Crippen molar-refractivity contribution < 1.29 is 46.7 Å². The topological polar surface area (TPSA) is 155 Å². The Morgan fingerprint density at radius 1 is 1.20 bits per heavy atom. The summed E-state index contributed by atoms with van der Waals surface area (Å²) in [5.41, 5.74) is -6.27. The number of Topliss-reactive ketones (excluding diaryl/α,β-unsaturated/α-hetero) is 1. The van der Waals surface area contributed by atoms with Crippen molar-refractivity contribution in [2.24, 2.45) is 28.6 Å². The van der Waals surface area contributed by atoms with Gasteiger partial charge in [0.25, 0.3) is 10.1 Å². The van der Waals surface area contributed by atoms with E-state index >= 15 is 4.39 Å². The van der Waals surface area contributed by atoms with Crippen LogP contribution in [-0.2, 0) is 24.4 Å². The van der Waals surface area contributed by atoms with Crippen LogP contribution in [0.25, 0.3) is 0 Å². The van der Waals surface area contributed by atoms with Gasteiger partial charge in [0.2, 0.25) is 5.78 Å². The fourth-order valence-electron chi connectivity index (χ4n) is 8.50. The molecule has 3 fully saturated rings. The minimum atomic E-state index is -4.63. The van der Waals surface area contributed by atoms with Crippen molar-refractivity contribution in [2.75, 3.05) is 6.61 Å². The summed E-state index contributed by atoms with van der Waals surface area (Å²) in [6.07, 6.45) is 3.39. The Morgan fingerprint density at radius 3 is 2.55 bits per heavy atom. The van der Waals surface area contributed by atoms with Crippen LogP contribution in [0, 0.1) is 28.6 Å². The van der Waals surface area contributed by atoms with E-state index < -0.39 is 79.3 Å². The Kier molecular flexibility index (Phi) is 6.58. The molecule has 0 amide bonds. The lowest BCUT2D eigenvalue weighted by Crippen LogP contribution is -2.70. The third-order valence-corrected chi connectivity index (χ3v) is 11.2. The number of rotatable bonds is 5. The van der Waals surface area contributed by atoms with Crippen molar-refractivity contribution in [2.45, 2.75) is 68.7 Å². The van der Waals surface area contributed by atoms with Gasteiger partial charge >= 0.3 is 5.97 Å². The van der Waals surface area contributed by atoms with Crippen molar-refractivity contribution in [3.8, 4) is 0 Å². The third-order valence-electron chi connectivity index (χ3n) is 10.4. The zero-order chi connectivity index (χ0) is 29.5. The molecule has 0 saturated heterocycles. The maximum Gasteiger partial charge on any atom is 0.339 e. The van der Waals surface area contributed by atoms with E-state index in [-0.39, 0.29) is 24.2 Å². The second kappa shape index (κ2) is 9.14. The molecule has 2 unspecified atom stereocenters. The molecule has 4 aliphatic rings. The maximum atomic E-state index is 17.4. The molecule has 0 aliphatic heterocycles. The maximum absolute atomic E-state index is 17.4. The highest BCUT2D eigenvalue weighted by atomic mass is 32.2. The van der Waals surface area contributed by atoms with Gasteiger partial charge in [0.15, 0.2) is 17.1 Å². The second-order valence-corrected chi connectivity index (χ2v) is 13.5. The van der Waals surface area contributed by atoms with Crippen molar-refractivity contribution in [1.29, 1.82) is 0 Å². The molecule has 5 rings (SSSR count). The number of allylic oxidation sites excluding steroid dienone is 4. The van der Waals surface area contributed by atoms with E-state index in [0.717, 1.165) is 12.1 Å². The van der Waals surface area contributed by atoms with Gasteiger partial charge in [-0.25, -0.2) is 9.18 Å². The predicted molar refractivity (Wildman–Crippen MR) is 139 cm³/mol. The summed E-state index contributed by atoms with van der Waals surface area (Å²) in [6, 6.07) is 4.51. The fraction of sp³-hybridized carbons (Fsp3) is 0.552. The standard InChI is InChI=1S/C29H33FO9S/c1-16-11-22-21-8-7-18-13-19(32)9-10-26(18,2)28(21,30)23(33)14-27(22,3)29(16,24(34)15-31)39-25(35)17-5-4-6-20(12-17)40(36,37)38/h4-6,9-10,12-13,16,21-23,31,33H,7-8,11,14-15H2,1-3H3,(H,36,37,38)/t16-,21?,22?,23+,26+,27+,28+,29+/m1/s1. The molecule has 3 saturated carbocycles. The number of hydrogen-bond donors (Lipinski definition) is 3. The molecule has 8 atom stereocenters. The number of alkyl halides is 1. The van der Waals surface area contributed by atoms with Crippen molar-refractivity contribution >= 4 is 27.7 Å². The number of aliphatic hydroxyl groups is 2. The normalized spacial score (nSPS) is 40.5. The highest BCUT2D eigenvalue weighted by Gasteiger charge is 2.77. The number of fused-ring (bicyclic) bond motifs is 5. The molecule has 0 bridgehead atoms. The first-order valence-corrected chi connectivity index (χ1v) is 14.8. The molecule has 9 nitrogen and oxygen atoms in total. The Labute approximate surface area is 231 Å². The molecule has 216 valence electrons. The van der Waals surface area contributed by atoms with Crippen LogP contribution in [0.4, 0.5) is 4.39 Å². The highest BCUT2D eigenvalue weighted by Crippen LogP contribution is 2.71. The van der Waals surface area contributed by atoms with Crippen LogP contribution in [-0.4, -0.2) is 64.7 Å². The van der Waals surface area contributed by atoms with Crippen LogP contribution in [0.15, 0.2) is 53.0 Å². The third kappa shape index (κ3) is 3.67. The molecular formula is C29H33FO9S. The highest BCUT2D eigenvalue weighted by molar-refractivity contribution is 7.85. The summed E-state index contributed by atoms with van der Waals surface area (Å²) in [4.78, 5) is 38.6. The van der Waals surface area contributed by atoms with Crippen LogP contribution < -0.4 is 0 Å². The van der Waals surface area contributed by atoms with Crippen LogP contribution in [0.1, 0.15) is 56.8 Å². The SMILES string of the molecule is C[C@@H]1CC2C3CCC4=CC(=O)C=C[C@]4(C)[C@@]3(F)[C@@H](O)C[C@]2(C)[C@@]1(OC(=O)c1cccc(S(=O)(=O)O)c1)C(=O)CO. The Balaban J connectivity index is 1.59. The number of ether oxygens (including phenoxy) is 1. The van der Waals surface area contributed by atoms with Crippen LogP contribution in [0.5, 0.6) is 0 Å².